The molecule has 1 amide bonds. The second-order valence-electron chi connectivity index (χ2n) is 3.00. The molecule has 1 fully saturated rings. The third kappa shape index (κ3) is 1.91. The standard InChI is InChI=1S/C8H9BrN2OS/c9-6-1-2-11(4-6)8(12)7-3-10-5-13-7/h3,5-6H,1-2,4H2. The van der Waals surface area contributed by atoms with Crippen LogP contribution in [0.25, 0.3) is 0 Å². The van der Waals surface area contributed by atoms with Gasteiger partial charge in [-0.3, -0.25) is 9.78 Å². The fourth-order valence-electron chi connectivity index (χ4n) is 1.38. The van der Waals surface area contributed by atoms with Crippen molar-refractivity contribution < 1.29 is 4.79 Å². The summed E-state index contributed by atoms with van der Waals surface area (Å²) in [7, 11) is 0. The maximum Gasteiger partial charge on any atom is 0.265 e. The molecule has 0 N–H and O–H groups in total. The van der Waals surface area contributed by atoms with Crippen LogP contribution in [0.15, 0.2) is 11.7 Å². The zero-order chi connectivity index (χ0) is 9.26. The van der Waals surface area contributed by atoms with Crippen LogP contribution in [0.2, 0.25) is 0 Å². The molecule has 0 aromatic carbocycles. The van der Waals surface area contributed by atoms with Gasteiger partial charge in [0, 0.05) is 17.9 Å². The van der Waals surface area contributed by atoms with E-state index in [4.69, 9.17) is 0 Å². The van der Waals surface area contributed by atoms with Gasteiger partial charge < -0.3 is 4.90 Å². The average Bonchev–Trinajstić information content (AvgIpc) is 2.72. The lowest BCUT2D eigenvalue weighted by Crippen LogP contribution is -2.27. The Morgan fingerprint density at radius 3 is 3.15 bits per heavy atom. The summed E-state index contributed by atoms with van der Waals surface area (Å²) in [6.45, 7) is 1.67. The van der Waals surface area contributed by atoms with E-state index in [0.717, 1.165) is 24.4 Å². The normalized spacial score (nSPS) is 22.2. The first-order valence-corrected chi connectivity index (χ1v) is 5.89. The minimum atomic E-state index is 0.115. The number of hydrogen-bond donors (Lipinski definition) is 0. The summed E-state index contributed by atoms with van der Waals surface area (Å²) in [5, 5.41) is 0. The largest absolute Gasteiger partial charge is 0.337 e. The van der Waals surface area contributed by atoms with E-state index >= 15 is 0 Å². The smallest absolute Gasteiger partial charge is 0.265 e. The van der Waals surface area contributed by atoms with Crippen molar-refractivity contribution in [2.24, 2.45) is 0 Å². The maximum atomic E-state index is 11.7. The molecule has 0 aliphatic carbocycles. The molecule has 0 bridgehead atoms. The van der Waals surface area contributed by atoms with Gasteiger partial charge in [-0.25, -0.2) is 0 Å². The van der Waals surface area contributed by atoms with Gasteiger partial charge in [-0.15, -0.1) is 11.3 Å². The topological polar surface area (TPSA) is 33.2 Å². The predicted molar refractivity (Wildman–Crippen MR) is 55.3 cm³/mol. The molecule has 1 saturated heterocycles. The molecule has 5 heteroatoms. The number of alkyl halides is 1. The molecule has 2 rings (SSSR count). The number of likely N-dealkylation sites (tertiary alicyclic amines) is 1. The molecule has 13 heavy (non-hydrogen) atoms. The lowest BCUT2D eigenvalue weighted by Gasteiger charge is -2.13. The third-order valence-electron chi connectivity index (χ3n) is 2.06. The number of hydrogen-bond acceptors (Lipinski definition) is 3. The molecule has 0 saturated carbocycles. The van der Waals surface area contributed by atoms with E-state index in [9.17, 15) is 4.79 Å². The Bertz CT molecular complexity index is 301. The summed E-state index contributed by atoms with van der Waals surface area (Å²) in [6, 6.07) is 0. The Kier molecular flexibility index (Phi) is 2.64. The third-order valence-corrected chi connectivity index (χ3v) is 3.57. The zero-order valence-electron chi connectivity index (χ0n) is 6.94. The van der Waals surface area contributed by atoms with Gasteiger partial charge in [0.05, 0.1) is 11.7 Å². The van der Waals surface area contributed by atoms with E-state index in [-0.39, 0.29) is 5.91 Å². The van der Waals surface area contributed by atoms with Crippen molar-refractivity contribution in [1.82, 2.24) is 9.88 Å². The van der Waals surface area contributed by atoms with Gasteiger partial charge in [-0.05, 0) is 6.42 Å². The minimum absolute atomic E-state index is 0.115. The first-order valence-electron chi connectivity index (χ1n) is 4.09. The number of nitrogens with zero attached hydrogens (tertiary/aromatic N) is 2. The summed E-state index contributed by atoms with van der Waals surface area (Å²) in [6.07, 6.45) is 2.68. The van der Waals surface area contributed by atoms with E-state index in [1.807, 2.05) is 4.90 Å². The molecule has 1 aromatic heterocycles. The van der Waals surface area contributed by atoms with Crippen molar-refractivity contribution in [2.75, 3.05) is 13.1 Å². The molecule has 1 aliphatic heterocycles. The van der Waals surface area contributed by atoms with E-state index in [2.05, 4.69) is 20.9 Å². The first kappa shape index (κ1) is 9.15. The summed E-state index contributed by atoms with van der Waals surface area (Å²) in [5.41, 5.74) is 1.69. The lowest BCUT2D eigenvalue weighted by molar-refractivity contribution is 0.0798. The van der Waals surface area contributed by atoms with Gasteiger partial charge >= 0.3 is 0 Å². The van der Waals surface area contributed by atoms with Gasteiger partial charge in [0.15, 0.2) is 0 Å². The van der Waals surface area contributed by atoms with Crippen LogP contribution in [0.1, 0.15) is 16.1 Å². The second-order valence-corrected chi connectivity index (χ2v) is 5.18. The van der Waals surface area contributed by atoms with Crippen molar-refractivity contribution in [2.45, 2.75) is 11.2 Å². The highest BCUT2D eigenvalue weighted by Crippen LogP contribution is 2.19. The molecule has 0 radical (unpaired) electrons. The van der Waals surface area contributed by atoms with E-state index in [0.29, 0.717) is 4.83 Å². The molecule has 1 unspecified atom stereocenters. The van der Waals surface area contributed by atoms with Crippen LogP contribution in [0.4, 0.5) is 0 Å². The molecule has 1 aromatic rings. The summed E-state index contributed by atoms with van der Waals surface area (Å²) in [4.78, 5) is 18.7. The molecular weight excluding hydrogens is 252 g/mol. The average molecular weight is 261 g/mol. The predicted octanol–water partition coefficient (Wildman–Crippen LogP) is 1.75. The van der Waals surface area contributed by atoms with Gasteiger partial charge in [0.1, 0.15) is 4.88 Å². The number of carbonyl (C=O) groups excluding carboxylic acids is 1. The Labute approximate surface area is 88.9 Å². The van der Waals surface area contributed by atoms with E-state index in [1.54, 1.807) is 11.7 Å². The van der Waals surface area contributed by atoms with Crippen LogP contribution in [0, 0.1) is 0 Å². The second kappa shape index (κ2) is 3.75. The van der Waals surface area contributed by atoms with Crippen molar-refractivity contribution in [3.05, 3.63) is 16.6 Å². The van der Waals surface area contributed by atoms with E-state index < -0.39 is 0 Å². The Hall–Kier alpha value is -0.420. The SMILES string of the molecule is O=C(c1cncs1)N1CCC(Br)C1. The van der Waals surface area contributed by atoms with Crippen molar-refractivity contribution in [3.8, 4) is 0 Å². The van der Waals surface area contributed by atoms with Crippen molar-refractivity contribution >= 4 is 33.2 Å². The monoisotopic (exact) mass is 260 g/mol. The highest BCUT2D eigenvalue weighted by atomic mass is 79.9. The fourth-order valence-corrected chi connectivity index (χ4v) is 2.52. The number of carbonyl (C=O) groups is 1. The number of halogens is 1. The van der Waals surface area contributed by atoms with Crippen LogP contribution in [-0.2, 0) is 0 Å². The summed E-state index contributed by atoms with van der Waals surface area (Å²) >= 11 is 4.91. The van der Waals surface area contributed by atoms with Crippen LogP contribution in [0.5, 0.6) is 0 Å². The Balaban J connectivity index is 2.06. The molecule has 2 heterocycles. The van der Waals surface area contributed by atoms with Gasteiger partial charge in [-0.1, -0.05) is 15.9 Å². The quantitative estimate of drug-likeness (QED) is 0.721. The molecular formula is C8H9BrN2OS. The highest BCUT2D eigenvalue weighted by molar-refractivity contribution is 9.09. The lowest BCUT2D eigenvalue weighted by atomic mass is 10.4. The van der Waals surface area contributed by atoms with Gasteiger partial charge in [0.25, 0.3) is 5.91 Å². The maximum absolute atomic E-state index is 11.7. The van der Waals surface area contributed by atoms with Crippen LogP contribution < -0.4 is 0 Å². The van der Waals surface area contributed by atoms with Crippen molar-refractivity contribution in [1.29, 1.82) is 0 Å². The molecule has 1 aliphatic rings. The van der Waals surface area contributed by atoms with Crippen LogP contribution >= 0.6 is 27.3 Å². The minimum Gasteiger partial charge on any atom is -0.337 e. The summed E-state index contributed by atoms with van der Waals surface area (Å²) in [5.74, 6) is 0.115. The Morgan fingerprint density at radius 1 is 1.77 bits per heavy atom. The van der Waals surface area contributed by atoms with Gasteiger partial charge in [0.2, 0.25) is 0 Å². The number of rotatable bonds is 1. The molecule has 3 nitrogen and oxygen atoms in total. The highest BCUT2D eigenvalue weighted by Gasteiger charge is 2.25. The van der Waals surface area contributed by atoms with Crippen LogP contribution in [-0.4, -0.2) is 33.7 Å². The van der Waals surface area contributed by atoms with E-state index in [1.165, 1.54) is 11.3 Å². The van der Waals surface area contributed by atoms with Gasteiger partial charge in [-0.2, -0.15) is 0 Å². The fraction of sp³-hybridized carbons (Fsp3) is 0.500. The molecule has 70 valence electrons. The van der Waals surface area contributed by atoms with Crippen LogP contribution in [0.3, 0.4) is 0 Å². The first-order chi connectivity index (χ1) is 6.27. The summed E-state index contributed by atoms with van der Waals surface area (Å²) < 4.78 is 0. The molecule has 0 spiro atoms. The number of amides is 1. The number of aromatic nitrogens is 1. The number of thiazole rings is 1. The Morgan fingerprint density at radius 2 is 2.62 bits per heavy atom. The molecule has 1 atom stereocenters. The zero-order valence-corrected chi connectivity index (χ0v) is 9.34. The van der Waals surface area contributed by atoms with Crippen molar-refractivity contribution in [3.63, 3.8) is 0 Å².